The Kier molecular flexibility index (Phi) is 6.61. The highest BCUT2D eigenvalue weighted by Crippen LogP contribution is 2.28. The van der Waals surface area contributed by atoms with Crippen molar-refractivity contribution in [3.63, 3.8) is 0 Å². The van der Waals surface area contributed by atoms with E-state index in [-0.39, 0.29) is 23.1 Å². The number of ether oxygens (including phenoxy) is 1. The quantitative estimate of drug-likeness (QED) is 0.282. The lowest BCUT2D eigenvalue weighted by Crippen LogP contribution is -2.22. The van der Waals surface area contributed by atoms with Gasteiger partial charge in [0, 0.05) is 22.5 Å². The number of hydrogen-bond acceptors (Lipinski definition) is 6. The first-order valence-corrected chi connectivity index (χ1v) is 10.3. The Labute approximate surface area is 181 Å². The van der Waals surface area contributed by atoms with Gasteiger partial charge in [-0.2, -0.15) is 9.78 Å². The van der Waals surface area contributed by atoms with Gasteiger partial charge in [0.15, 0.2) is 5.75 Å². The van der Waals surface area contributed by atoms with Crippen molar-refractivity contribution < 1.29 is 9.66 Å². The van der Waals surface area contributed by atoms with E-state index in [1.165, 1.54) is 23.0 Å². The molecule has 0 unspecified atom stereocenters. The van der Waals surface area contributed by atoms with E-state index in [0.717, 1.165) is 10.9 Å². The molecule has 1 aromatic heterocycles. The van der Waals surface area contributed by atoms with Crippen molar-refractivity contribution in [1.82, 2.24) is 9.66 Å². The van der Waals surface area contributed by atoms with Crippen LogP contribution in [0.25, 0.3) is 10.9 Å². The zero-order valence-corrected chi connectivity index (χ0v) is 18.4. The van der Waals surface area contributed by atoms with Crippen LogP contribution < -0.4 is 10.3 Å². The SMILES string of the molecule is CCCc1nc2ccc(Br)cc2c(=O)n1N=Cc1ccc(OC(C)C)c([N+](=O)[O-])c1. The van der Waals surface area contributed by atoms with Crippen LogP contribution in [0.2, 0.25) is 0 Å². The van der Waals surface area contributed by atoms with E-state index >= 15 is 0 Å². The number of rotatable bonds is 7. The predicted octanol–water partition coefficient (Wildman–Crippen LogP) is 4.69. The van der Waals surface area contributed by atoms with Crippen molar-refractivity contribution in [2.24, 2.45) is 5.10 Å². The number of aryl methyl sites for hydroxylation is 1. The molecule has 0 aliphatic carbocycles. The summed E-state index contributed by atoms with van der Waals surface area (Å²) >= 11 is 3.37. The maximum absolute atomic E-state index is 13.0. The van der Waals surface area contributed by atoms with Crippen molar-refractivity contribution in [3.8, 4) is 5.75 Å². The second-order valence-electron chi connectivity index (χ2n) is 6.95. The van der Waals surface area contributed by atoms with Gasteiger partial charge in [0.05, 0.1) is 28.1 Å². The normalized spacial score (nSPS) is 11.5. The summed E-state index contributed by atoms with van der Waals surface area (Å²) in [5.41, 5.74) is 0.620. The lowest BCUT2D eigenvalue weighted by Gasteiger charge is -2.10. The van der Waals surface area contributed by atoms with Gasteiger partial charge >= 0.3 is 5.69 Å². The summed E-state index contributed by atoms with van der Waals surface area (Å²) in [6, 6.07) is 9.88. The fraction of sp³-hybridized carbons (Fsp3) is 0.286. The van der Waals surface area contributed by atoms with E-state index in [2.05, 4.69) is 26.0 Å². The Morgan fingerprint density at radius 3 is 2.73 bits per heavy atom. The molecule has 0 saturated carbocycles. The maximum atomic E-state index is 13.0. The second kappa shape index (κ2) is 9.17. The molecular formula is C21H21BrN4O4. The molecule has 1 heterocycles. The van der Waals surface area contributed by atoms with E-state index in [1.807, 2.05) is 13.0 Å². The van der Waals surface area contributed by atoms with Crippen LogP contribution in [0.4, 0.5) is 5.69 Å². The van der Waals surface area contributed by atoms with E-state index in [0.29, 0.717) is 28.7 Å². The lowest BCUT2D eigenvalue weighted by atomic mass is 10.2. The van der Waals surface area contributed by atoms with Crippen LogP contribution in [-0.2, 0) is 6.42 Å². The average molecular weight is 473 g/mol. The molecule has 0 aliphatic rings. The zero-order valence-electron chi connectivity index (χ0n) is 16.8. The van der Waals surface area contributed by atoms with Crippen molar-refractivity contribution in [2.45, 2.75) is 39.7 Å². The monoisotopic (exact) mass is 472 g/mol. The van der Waals surface area contributed by atoms with Gasteiger partial charge in [0.1, 0.15) is 5.82 Å². The third-order valence-corrected chi connectivity index (χ3v) is 4.71. The topological polar surface area (TPSA) is 99.6 Å². The van der Waals surface area contributed by atoms with Crippen LogP contribution in [0.3, 0.4) is 0 Å². The fourth-order valence-electron chi connectivity index (χ4n) is 2.93. The first-order chi connectivity index (χ1) is 14.3. The molecule has 3 aromatic rings. The van der Waals surface area contributed by atoms with E-state index in [1.54, 1.807) is 32.0 Å². The Bertz CT molecular complexity index is 1190. The molecular weight excluding hydrogens is 452 g/mol. The van der Waals surface area contributed by atoms with Crippen LogP contribution in [0.5, 0.6) is 5.75 Å². The number of aromatic nitrogens is 2. The first kappa shape index (κ1) is 21.6. The third-order valence-electron chi connectivity index (χ3n) is 4.21. The number of hydrogen-bond donors (Lipinski definition) is 0. The predicted molar refractivity (Wildman–Crippen MR) is 120 cm³/mol. The summed E-state index contributed by atoms with van der Waals surface area (Å²) in [5.74, 6) is 0.719. The highest BCUT2D eigenvalue weighted by molar-refractivity contribution is 9.10. The Balaban J connectivity index is 2.08. The molecule has 0 fully saturated rings. The molecule has 0 atom stereocenters. The molecule has 0 aliphatic heterocycles. The molecule has 156 valence electrons. The first-order valence-electron chi connectivity index (χ1n) is 9.50. The van der Waals surface area contributed by atoms with Gasteiger partial charge in [-0.1, -0.05) is 22.9 Å². The van der Waals surface area contributed by atoms with E-state index in [9.17, 15) is 14.9 Å². The second-order valence-corrected chi connectivity index (χ2v) is 7.87. The number of nitrogens with zero attached hydrogens (tertiary/aromatic N) is 4. The van der Waals surface area contributed by atoms with Crippen molar-refractivity contribution in [2.75, 3.05) is 0 Å². The number of nitro groups is 1. The Morgan fingerprint density at radius 2 is 2.07 bits per heavy atom. The van der Waals surface area contributed by atoms with Crippen molar-refractivity contribution in [3.05, 3.63) is 72.7 Å². The number of benzene rings is 2. The Hall–Kier alpha value is -3.07. The minimum atomic E-state index is -0.501. The van der Waals surface area contributed by atoms with Crippen LogP contribution >= 0.6 is 15.9 Å². The average Bonchev–Trinajstić information content (AvgIpc) is 2.69. The van der Waals surface area contributed by atoms with Crippen LogP contribution in [0.15, 0.2) is 50.8 Å². The standard InChI is InChI=1S/C21H21BrN4O4/c1-4-5-20-24-17-8-7-15(22)11-16(17)21(27)25(20)23-12-14-6-9-19(30-13(2)3)18(10-14)26(28)29/h6-13H,4-5H2,1-3H3. The molecule has 9 heteroatoms. The molecule has 2 aromatic carbocycles. The zero-order chi connectivity index (χ0) is 21.8. The number of fused-ring (bicyclic) bond motifs is 1. The summed E-state index contributed by atoms with van der Waals surface area (Å²) < 4.78 is 7.52. The van der Waals surface area contributed by atoms with E-state index in [4.69, 9.17) is 4.74 Å². The molecule has 30 heavy (non-hydrogen) atoms. The highest BCUT2D eigenvalue weighted by atomic mass is 79.9. The molecule has 0 saturated heterocycles. The molecule has 0 N–H and O–H groups in total. The van der Waals surface area contributed by atoms with Crippen LogP contribution in [-0.4, -0.2) is 26.9 Å². The Morgan fingerprint density at radius 1 is 1.30 bits per heavy atom. The van der Waals surface area contributed by atoms with Gasteiger partial charge in [0.25, 0.3) is 5.56 Å². The molecule has 3 rings (SSSR count). The van der Waals surface area contributed by atoms with Gasteiger partial charge in [-0.3, -0.25) is 14.9 Å². The number of halogens is 1. The lowest BCUT2D eigenvalue weighted by molar-refractivity contribution is -0.386. The summed E-state index contributed by atoms with van der Waals surface area (Å²) in [7, 11) is 0. The largest absolute Gasteiger partial charge is 0.484 e. The van der Waals surface area contributed by atoms with Crippen molar-refractivity contribution in [1.29, 1.82) is 0 Å². The fourth-order valence-corrected chi connectivity index (χ4v) is 3.30. The molecule has 0 spiro atoms. The van der Waals surface area contributed by atoms with Crippen LogP contribution in [0, 0.1) is 10.1 Å². The molecule has 0 bridgehead atoms. The maximum Gasteiger partial charge on any atom is 0.311 e. The van der Waals surface area contributed by atoms with Crippen molar-refractivity contribution >= 4 is 38.7 Å². The summed E-state index contributed by atoms with van der Waals surface area (Å²) in [6.07, 6.45) is 2.58. The van der Waals surface area contributed by atoms with Crippen LogP contribution in [0.1, 0.15) is 38.6 Å². The van der Waals surface area contributed by atoms with Gasteiger partial charge in [-0.15, -0.1) is 0 Å². The van der Waals surface area contributed by atoms with Gasteiger partial charge in [-0.25, -0.2) is 4.98 Å². The highest BCUT2D eigenvalue weighted by Gasteiger charge is 2.17. The van der Waals surface area contributed by atoms with Gasteiger partial charge in [-0.05, 0) is 50.6 Å². The minimum absolute atomic E-state index is 0.158. The third kappa shape index (κ3) is 4.73. The summed E-state index contributed by atoms with van der Waals surface area (Å²) in [6.45, 7) is 5.58. The minimum Gasteiger partial charge on any atom is -0.484 e. The molecule has 8 nitrogen and oxygen atoms in total. The summed E-state index contributed by atoms with van der Waals surface area (Å²) in [4.78, 5) is 28.5. The van der Waals surface area contributed by atoms with Gasteiger partial charge in [0.2, 0.25) is 0 Å². The molecule has 0 radical (unpaired) electrons. The van der Waals surface area contributed by atoms with E-state index < -0.39 is 4.92 Å². The smallest absolute Gasteiger partial charge is 0.311 e. The molecule has 0 amide bonds. The van der Waals surface area contributed by atoms with Gasteiger partial charge < -0.3 is 4.74 Å². The number of nitro benzene ring substituents is 1. The summed E-state index contributed by atoms with van der Waals surface area (Å²) in [5, 5.41) is 16.2.